The SMILES string of the molecule is CC[C@H]1CN(C(=O)C2=NN(c3ccccc3)[C@H](C(N)=O)C2)CCO1. The van der Waals surface area contributed by atoms with E-state index in [9.17, 15) is 9.59 Å². The minimum Gasteiger partial charge on any atom is -0.375 e. The number of nitrogens with two attached hydrogens (primary N) is 1. The summed E-state index contributed by atoms with van der Waals surface area (Å²) in [5.74, 6) is -0.625. The maximum absolute atomic E-state index is 12.8. The zero-order valence-corrected chi connectivity index (χ0v) is 13.7. The second-order valence-corrected chi connectivity index (χ2v) is 6.00. The highest BCUT2D eigenvalue weighted by molar-refractivity contribution is 6.40. The van der Waals surface area contributed by atoms with Gasteiger partial charge in [0.2, 0.25) is 5.91 Å². The molecule has 1 aromatic rings. The predicted octanol–water partition coefficient (Wildman–Crippen LogP) is 0.744. The van der Waals surface area contributed by atoms with Crippen LogP contribution < -0.4 is 10.7 Å². The molecule has 0 unspecified atom stereocenters. The first-order chi connectivity index (χ1) is 11.6. The molecule has 0 saturated carbocycles. The van der Waals surface area contributed by atoms with E-state index < -0.39 is 11.9 Å². The molecule has 0 bridgehead atoms. The zero-order valence-electron chi connectivity index (χ0n) is 13.7. The maximum Gasteiger partial charge on any atom is 0.270 e. The average molecular weight is 330 g/mol. The van der Waals surface area contributed by atoms with Crippen molar-refractivity contribution in [2.45, 2.75) is 31.9 Å². The van der Waals surface area contributed by atoms with E-state index in [4.69, 9.17) is 10.5 Å². The van der Waals surface area contributed by atoms with Gasteiger partial charge in [-0.1, -0.05) is 25.1 Å². The summed E-state index contributed by atoms with van der Waals surface area (Å²) in [6.45, 7) is 3.66. The minimum absolute atomic E-state index is 0.0573. The van der Waals surface area contributed by atoms with E-state index in [0.717, 1.165) is 12.1 Å². The van der Waals surface area contributed by atoms with Crippen molar-refractivity contribution in [3.05, 3.63) is 30.3 Å². The van der Waals surface area contributed by atoms with E-state index in [0.29, 0.717) is 25.4 Å². The van der Waals surface area contributed by atoms with Gasteiger partial charge in [0.25, 0.3) is 5.91 Å². The number of nitrogens with zero attached hydrogens (tertiary/aromatic N) is 3. The Hall–Kier alpha value is -2.41. The molecule has 1 fully saturated rings. The number of anilines is 1. The van der Waals surface area contributed by atoms with Gasteiger partial charge in [0.15, 0.2) is 0 Å². The van der Waals surface area contributed by atoms with Crippen LogP contribution in [-0.2, 0) is 14.3 Å². The summed E-state index contributed by atoms with van der Waals surface area (Å²) in [4.78, 5) is 26.3. The van der Waals surface area contributed by atoms with Gasteiger partial charge in [-0.25, -0.2) is 0 Å². The zero-order chi connectivity index (χ0) is 17.1. The van der Waals surface area contributed by atoms with Crippen molar-refractivity contribution in [1.29, 1.82) is 0 Å². The number of carbonyl (C=O) groups is 2. The highest BCUT2D eigenvalue weighted by atomic mass is 16.5. The molecule has 1 saturated heterocycles. The third-order valence-electron chi connectivity index (χ3n) is 4.39. The number of morpholine rings is 1. The number of benzene rings is 1. The third kappa shape index (κ3) is 3.26. The van der Waals surface area contributed by atoms with Crippen LogP contribution >= 0.6 is 0 Å². The van der Waals surface area contributed by atoms with Crippen LogP contribution in [0.15, 0.2) is 35.4 Å². The normalized spacial score (nSPS) is 24.0. The summed E-state index contributed by atoms with van der Waals surface area (Å²) in [5, 5.41) is 5.95. The van der Waals surface area contributed by atoms with Gasteiger partial charge in [-0.2, -0.15) is 5.10 Å². The van der Waals surface area contributed by atoms with E-state index in [1.165, 1.54) is 0 Å². The van der Waals surface area contributed by atoms with Crippen molar-refractivity contribution in [3.8, 4) is 0 Å². The third-order valence-corrected chi connectivity index (χ3v) is 4.39. The summed E-state index contributed by atoms with van der Waals surface area (Å²) < 4.78 is 5.60. The maximum atomic E-state index is 12.8. The van der Waals surface area contributed by atoms with Crippen molar-refractivity contribution in [2.24, 2.45) is 10.8 Å². The smallest absolute Gasteiger partial charge is 0.270 e. The Balaban J connectivity index is 1.80. The van der Waals surface area contributed by atoms with Gasteiger partial charge in [0, 0.05) is 19.5 Å². The van der Waals surface area contributed by atoms with Crippen LogP contribution in [0.5, 0.6) is 0 Å². The Bertz CT molecular complexity index is 646. The van der Waals surface area contributed by atoms with E-state index in [1.807, 2.05) is 37.3 Å². The summed E-state index contributed by atoms with van der Waals surface area (Å²) in [7, 11) is 0. The Labute approximate surface area is 141 Å². The number of primary amides is 1. The molecule has 0 radical (unpaired) electrons. The molecule has 2 N–H and O–H groups in total. The number of hydrogen-bond acceptors (Lipinski definition) is 5. The van der Waals surface area contributed by atoms with Crippen LogP contribution in [-0.4, -0.2) is 54.3 Å². The monoisotopic (exact) mass is 330 g/mol. The van der Waals surface area contributed by atoms with Crippen LogP contribution in [0.4, 0.5) is 5.69 Å². The highest BCUT2D eigenvalue weighted by Crippen LogP contribution is 2.25. The molecule has 3 rings (SSSR count). The predicted molar refractivity (Wildman–Crippen MR) is 90.6 cm³/mol. The van der Waals surface area contributed by atoms with E-state index in [2.05, 4.69) is 5.10 Å². The first-order valence-corrected chi connectivity index (χ1v) is 8.22. The first kappa shape index (κ1) is 16.4. The number of hydrazone groups is 1. The molecule has 2 aliphatic rings. The largest absolute Gasteiger partial charge is 0.375 e. The molecule has 7 nitrogen and oxygen atoms in total. The van der Waals surface area contributed by atoms with Gasteiger partial charge in [-0.3, -0.25) is 14.6 Å². The van der Waals surface area contributed by atoms with Crippen LogP contribution in [0.3, 0.4) is 0 Å². The van der Waals surface area contributed by atoms with E-state index in [-0.39, 0.29) is 18.4 Å². The summed E-state index contributed by atoms with van der Waals surface area (Å²) in [6.07, 6.45) is 1.15. The standard InChI is InChI=1S/C17H22N4O3/c1-2-13-11-20(8-9-24-13)17(23)14-10-15(16(18)22)21(19-14)12-6-4-3-5-7-12/h3-7,13,15H,2,8-11H2,1H3,(H2,18,22)/t13-,15-/m0/s1. The number of rotatable bonds is 4. The quantitative estimate of drug-likeness (QED) is 0.882. The molecular weight excluding hydrogens is 308 g/mol. The number of para-hydroxylation sites is 1. The fourth-order valence-corrected chi connectivity index (χ4v) is 3.01. The van der Waals surface area contributed by atoms with Gasteiger partial charge in [-0.05, 0) is 18.6 Å². The Morgan fingerprint density at radius 3 is 2.75 bits per heavy atom. The molecule has 1 aromatic carbocycles. The molecule has 2 aliphatic heterocycles. The molecule has 2 atom stereocenters. The molecule has 7 heteroatoms. The highest BCUT2D eigenvalue weighted by Gasteiger charge is 2.37. The lowest BCUT2D eigenvalue weighted by atomic mass is 10.1. The lowest BCUT2D eigenvalue weighted by molar-refractivity contribution is -0.131. The van der Waals surface area contributed by atoms with Gasteiger partial charge in [0.05, 0.1) is 18.4 Å². The molecule has 0 aliphatic carbocycles. The topological polar surface area (TPSA) is 88.2 Å². The van der Waals surface area contributed by atoms with Crippen LogP contribution in [0, 0.1) is 0 Å². The Morgan fingerprint density at radius 2 is 2.08 bits per heavy atom. The molecule has 128 valence electrons. The summed E-state index contributed by atoms with van der Waals surface area (Å²) >= 11 is 0. The van der Waals surface area contributed by atoms with Gasteiger partial charge in [0.1, 0.15) is 11.8 Å². The lowest BCUT2D eigenvalue weighted by Crippen LogP contribution is -2.48. The van der Waals surface area contributed by atoms with E-state index in [1.54, 1.807) is 9.91 Å². The number of hydrogen-bond donors (Lipinski definition) is 1. The van der Waals surface area contributed by atoms with Crippen molar-refractivity contribution < 1.29 is 14.3 Å². The Kier molecular flexibility index (Phi) is 4.80. The second-order valence-electron chi connectivity index (χ2n) is 6.00. The van der Waals surface area contributed by atoms with Crippen molar-refractivity contribution in [2.75, 3.05) is 24.7 Å². The molecule has 24 heavy (non-hydrogen) atoms. The fourth-order valence-electron chi connectivity index (χ4n) is 3.01. The van der Waals surface area contributed by atoms with Crippen molar-refractivity contribution in [3.63, 3.8) is 0 Å². The Morgan fingerprint density at radius 1 is 1.33 bits per heavy atom. The van der Waals surface area contributed by atoms with Gasteiger partial charge >= 0.3 is 0 Å². The van der Waals surface area contributed by atoms with Crippen LogP contribution in [0.1, 0.15) is 19.8 Å². The van der Waals surface area contributed by atoms with Gasteiger partial charge < -0.3 is 15.4 Å². The minimum atomic E-state index is -0.630. The van der Waals surface area contributed by atoms with E-state index >= 15 is 0 Å². The van der Waals surface area contributed by atoms with Crippen LogP contribution in [0.25, 0.3) is 0 Å². The van der Waals surface area contributed by atoms with Crippen LogP contribution in [0.2, 0.25) is 0 Å². The van der Waals surface area contributed by atoms with Crippen molar-refractivity contribution in [1.82, 2.24) is 4.90 Å². The lowest BCUT2D eigenvalue weighted by Gasteiger charge is -2.32. The molecular formula is C17H22N4O3. The first-order valence-electron chi connectivity index (χ1n) is 8.22. The fraction of sp³-hybridized carbons (Fsp3) is 0.471. The summed E-state index contributed by atoms with van der Waals surface area (Å²) in [6, 6.07) is 8.65. The number of amides is 2. The van der Waals surface area contributed by atoms with Crippen molar-refractivity contribution >= 4 is 23.2 Å². The summed E-state index contributed by atoms with van der Waals surface area (Å²) in [5.41, 5.74) is 6.63. The number of ether oxygens (including phenoxy) is 1. The second kappa shape index (κ2) is 7.00. The number of carbonyl (C=O) groups excluding carboxylic acids is 2. The average Bonchev–Trinajstić information content (AvgIpc) is 3.07. The molecule has 2 heterocycles. The molecule has 0 spiro atoms. The van der Waals surface area contributed by atoms with Gasteiger partial charge in [-0.15, -0.1) is 0 Å². The molecule has 2 amide bonds. The molecule has 0 aromatic heterocycles.